The Morgan fingerprint density at radius 3 is 3.00 bits per heavy atom. The van der Waals surface area contributed by atoms with Gasteiger partial charge in [-0.05, 0) is 0 Å². The smallest absolute Gasteiger partial charge is 0.170 e. The molecule has 0 spiro atoms. The standard InChI is InChI=1S/C4H6N6O/c11-9-3-6-8-10(9)4-1-2-5-7-4/h1-3,8,11H,(H,5,7). The van der Waals surface area contributed by atoms with Crippen molar-refractivity contribution in [2.75, 3.05) is 5.12 Å². The zero-order valence-electron chi connectivity index (χ0n) is 5.47. The molecule has 0 radical (unpaired) electrons. The van der Waals surface area contributed by atoms with Crippen LogP contribution in [0.4, 0.5) is 5.82 Å². The van der Waals surface area contributed by atoms with Crippen molar-refractivity contribution in [2.24, 2.45) is 5.10 Å². The van der Waals surface area contributed by atoms with Crippen LogP contribution in [0.2, 0.25) is 0 Å². The molecule has 7 heteroatoms. The summed E-state index contributed by atoms with van der Waals surface area (Å²) in [5.41, 5.74) is 2.52. The maximum atomic E-state index is 9.06. The Morgan fingerprint density at radius 2 is 2.45 bits per heavy atom. The van der Waals surface area contributed by atoms with E-state index in [-0.39, 0.29) is 0 Å². The van der Waals surface area contributed by atoms with Gasteiger partial charge >= 0.3 is 0 Å². The molecule has 0 fully saturated rings. The van der Waals surface area contributed by atoms with Crippen molar-refractivity contribution in [2.45, 2.75) is 0 Å². The lowest BCUT2D eigenvalue weighted by molar-refractivity contribution is -0.0210. The summed E-state index contributed by atoms with van der Waals surface area (Å²) >= 11 is 0. The lowest BCUT2D eigenvalue weighted by Gasteiger charge is -2.19. The van der Waals surface area contributed by atoms with E-state index in [1.165, 1.54) is 11.5 Å². The van der Waals surface area contributed by atoms with Crippen LogP contribution in [0.3, 0.4) is 0 Å². The molecular formula is C4H6N6O. The molecular weight excluding hydrogens is 148 g/mol. The molecule has 58 valence electrons. The van der Waals surface area contributed by atoms with E-state index < -0.39 is 0 Å². The molecule has 1 aromatic rings. The minimum atomic E-state index is 0.602. The highest BCUT2D eigenvalue weighted by Gasteiger charge is 2.16. The second-order valence-electron chi connectivity index (χ2n) is 1.92. The maximum Gasteiger partial charge on any atom is 0.170 e. The lowest BCUT2D eigenvalue weighted by Crippen LogP contribution is -2.41. The zero-order valence-corrected chi connectivity index (χ0v) is 5.47. The monoisotopic (exact) mass is 154 g/mol. The van der Waals surface area contributed by atoms with Gasteiger partial charge in [0.05, 0.1) is 6.20 Å². The Labute approximate surface area is 61.8 Å². The first-order chi connectivity index (χ1) is 5.38. The number of hydrazone groups is 1. The van der Waals surface area contributed by atoms with E-state index in [4.69, 9.17) is 5.21 Å². The van der Waals surface area contributed by atoms with Gasteiger partial charge in [-0.15, -0.1) is 15.4 Å². The average Bonchev–Trinajstić information content (AvgIpc) is 2.55. The van der Waals surface area contributed by atoms with Gasteiger partial charge < -0.3 is 0 Å². The Bertz CT molecular complexity index is 256. The van der Waals surface area contributed by atoms with Gasteiger partial charge in [0, 0.05) is 6.07 Å². The quantitative estimate of drug-likeness (QED) is 0.497. The summed E-state index contributed by atoms with van der Waals surface area (Å²) in [7, 11) is 0. The molecule has 0 aromatic carbocycles. The first-order valence-electron chi connectivity index (χ1n) is 2.94. The minimum absolute atomic E-state index is 0.602. The number of aromatic nitrogens is 2. The first-order valence-corrected chi connectivity index (χ1v) is 2.94. The van der Waals surface area contributed by atoms with Crippen LogP contribution in [-0.4, -0.2) is 26.9 Å². The van der Waals surface area contributed by atoms with E-state index in [0.717, 1.165) is 5.17 Å². The number of aromatic amines is 1. The molecule has 2 heterocycles. The number of nitrogens with one attached hydrogen (secondary N) is 2. The Kier molecular flexibility index (Phi) is 1.16. The topological polar surface area (TPSA) is 79.8 Å². The second-order valence-corrected chi connectivity index (χ2v) is 1.92. The molecule has 0 unspecified atom stereocenters. The molecule has 0 atom stereocenters. The Hall–Kier alpha value is -1.76. The van der Waals surface area contributed by atoms with Crippen molar-refractivity contribution in [1.82, 2.24) is 20.9 Å². The van der Waals surface area contributed by atoms with E-state index >= 15 is 0 Å². The van der Waals surface area contributed by atoms with Gasteiger partial charge in [-0.1, -0.05) is 0 Å². The van der Waals surface area contributed by atoms with Crippen molar-refractivity contribution in [3.05, 3.63) is 12.3 Å². The van der Waals surface area contributed by atoms with Crippen molar-refractivity contribution in [3.8, 4) is 0 Å². The first kappa shape index (κ1) is 5.98. The van der Waals surface area contributed by atoms with Gasteiger partial charge in [-0.3, -0.25) is 10.3 Å². The summed E-state index contributed by atoms with van der Waals surface area (Å²) in [4.78, 5) is 0. The highest BCUT2D eigenvalue weighted by Crippen LogP contribution is 2.08. The van der Waals surface area contributed by atoms with Gasteiger partial charge in [0.25, 0.3) is 0 Å². The van der Waals surface area contributed by atoms with Crippen LogP contribution in [0, 0.1) is 0 Å². The molecule has 2 rings (SSSR count). The average molecular weight is 154 g/mol. The number of H-pyrrole nitrogens is 1. The summed E-state index contributed by atoms with van der Waals surface area (Å²) in [6.07, 6.45) is 2.80. The molecule has 1 aromatic heterocycles. The fourth-order valence-electron chi connectivity index (χ4n) is 0.760. The fourth-order valence-corrected chi connectivity index (χ4v) is 0.760. The van der Waals surface area contributed by atoms with Crippen molar-refractivity contribution >= 4 is 12.2 Å². The van der Waals surface area contributed by atoms with Crippen LogP contribution < -0.4 is 10.7 Å². The van der Waals surface area contributed by atoms with Gasteiger partial charge in [-0.25, -0.2) is 0 Å². The molecule has 0 saturated carbocycles. The third-order valence-electron chi connectivity index (χ3n) is 1.23. The summed E-state index contributed by atoms with van der Waals surface area (Å²) in [6.45, 7) is 0. The molecule has 3 N–H and O–H groups in total. The highest BCUT2D eigenvalue weighted by molar-refractivity contribution is 5.58. The van der Waals surface area contributed by atoms with E-state index in [1.807, 2.05) is 0 Å². The minimum Gasteiger partial charge on any atom is -0.266 e. The lowest BCUT2D eigenvalue weighted by atomic mass is 10.6. The van der Waals surface area contributed by atoms with Crippen LogP contribution in [0.5, 0.6) is 0 Å². The number of anilines is 1. The molecule has 1 aliphatic heterocycles. The van der Waals surface area contributed by atoms with Crippen LogP contribution in [0.25, 0.3) is 0 Å². The largest absolute Gasteiger partial charge is 0.266 e. The van der Waals surface area contributed by atoms with Gasteiger partial charge in [0.15, 0.2) is 12.2 Å². The zero-order chi connectivity index (χ0) is 7.68. The maximum absolute atomic E-state index is 9.06. The van der Waals surface area contributed by atoms with E-state index in [1.54, 1.807) is 12.3 Å². The number of hydrogen-bond acceptors (Lipinski definition) is 6. The number of hydroxylamine groups is 1. The van der Waals surface area contributed by atoms with Gasteiger partial charge in [0.2, 0.25) is 0 Å². The molecule has 0 saturated heterocycles. The van der Waals surface area contributed by atoms with E-state index in [9.17, 15) is 0 Å². The van der Waals surface area contributed by atoms with Crippen molar-refractivity contribution in [1.29, 1.82) is 0 Å². The second kappa shape index (κ2) is 2.13. The van der Waals surface area contributed by atoms with Crippen LogP contribution in [0.15, 0.2) is 17.4 Å². The summed E-state index contributed by atoms with van der Waals surface area (Å²) in [5, 5.41) is 21.1. The van der Waals surface area contributed by atoms with E-state index in [2.05, 4.69) is 20.8 Å². The summed E-state index contributed by atoms with van der Waals surface area (Å²) < 4.78 is 0. The number of nitrogens with zero attached hydrogens (tertiary/aromatic N) is 4. The van der Waals surface area contributed by atoms with Crippen LogP contribution >= 0.6 is 0 Å². The summed E-state index contributed by atoms with van der Waals surface area (Å²) in [5.74, 6) is 0.602. The third-order valence-corrected chi connectivity index (χ3v) is 1.23. The SMILES string of the molecule is ON1C=NNN1c1ccn[nH]1. The Morgan fingerprint density at radius 1 is 1.55 bits per heavy atom. The Balaban J connectivity index is 2.19. The van der Waals surface area contributed by atoms with Crippen LogP contribution in [-0.2, 0) is 0 Å². The van der Waals surface area contributed by atoms with Gasteiger partial charge in [-0.2, -0.15) is 10.6 Å². The third kappa shape index (κ3) is 0.867. The predicted molar refractivity (Wildman–Crippen MR) is 36.3 cm³/mol. The number of hydrogen-bond donors (Lipinski definition) is 3. The fraction of sp³-hybridized carbons (Fsp3) is 0. The molecule has 0 aliphatic carbocycles. The summed E-state index contributed by atoms with van der Waals surface area (Å²) in [6, 6.07) is 1.69. The van der Waals surface area contributed by atoms with Gasteiger partial charge in [0.1, 0.15) is 0 Å². The molecule has 0 bridgehead atoms. The van der Waals surface area contributed by atoms with E-state index in [0.29, 0.717) is 5.82 Å². The highest BCUT2D eigenvalue weighted by atomic mass is 16.6. The van der Waals surface area contributed by atoms with Crippen LogP contribution in [0.1, 0.15) is 0 Å². The molecule has 0 amide bonds. The number of hydrazine groups is 2. The number of rotatable bonds is 1. The molecule has 1 aliphatic rings. The molecule has 7 nitrogen and oxygen atoms in total. The normalized spacial score (nSPS) is 15.7. The predicted octanol–water partition coefficient (Wildman–Crippen LogP) is -0.716. The van der Waals surface area contributed by atoms with Crippen molar-refractivity contribution in [3.63, 3.8) is 0 Å². The molecule has 11 heavy (non-hydrogen) atoms. The van der Waals surface area contributed by atoms with Crippen molar-refractivity contribution < 1.29 is 5.21 Å².